The van der Waals surface area contributed by atoms with E-state index in [9.17, 15) is 9.90 Å². The number of rotatable bonds is 9. The molecule has 0 atom stereocenters. The average molecular weight is 326 g/mol. The first-order valence-electron chi connectivity index (χ1n) is 8.64. The summed E-state index contributed by atoms with van der Waals surface area (Å²) in [6.07, 6.45) is 12.5. The highest BCUT2D eigenvalue weighted by Crippen LogP contribution is 2.20. The number of hydrogen-bond acceptors (Lipinski definition) is 2. The smallest absolute Gasteiger partial charge is 0.150 e. The van der Waals surface area contributed by atoms with E-state index in [-0.39, 0.29) is 5.75 Å². The third kappa shape index (κ3) is 7.96. The van der Waals surface area contributed by atoms with Crippen molar-refractivity contribution in [3.63, 3.8) is 0 Å². The van der Waals surface area contributed by atoms with Crippen molar-refractivity contribution in [1.29, 1.82) is 0 Å². The number of allylic oxidation sites excluding steroid dienone is 6. The Hall–Kier alpha value is -2.09. The van der Waals surface area contributed by atoms with Gasteiger partial charge in [0.2, 0.25) is 0 Å². The van der Waals surface area contributed by atoms with Gasteiger partial charge in [0.1, 0.15) is 12.0 Å². The number of aldehydes is 1. The van der Waals surface area contributed by atoms with E-state index in [1.165, 1.54) is 16.7 Å². The number of carbonyl (C=O) groups excluding carboxylic acids is 1. The van der Waals surface area contributed by atoms with Crippen molar-refractivity contribution in [2.24, 2.45) is 0 Å². The largest absolute Gasteiger partial charge is 0.508 e. The van der Waals surface area contributed by atoms with Gasteiger partial charge in [-0.05, 0) is 83.6 Å². The summed E-state index contributed by atoms with van der Waals surface area (Å²) in [5.41, 5.74) is 5.52. The maximum absolute atomic E-state index is 10.8. The lowest BCUT2D eigenvalue weighted by Gasteiger charge is -2.04. The maximum atomic E-state index is 10.8. The molecular formula is C22H30O2. The second-order valence-electron chi connectivity index (χ2n) is 6.67. The van der Waals surface area contributed by atoms with Crippen LogP contribution in [0.25, 0.3) is 0 Å². The van der Waals surface area contributed by atoms with E-state index < -0.39 is 0 Å². The average Bonchev–Trinajstić information content (AvgIpc) is 2.53. The zero-order valence-electron chi connectivity index (χ0n) is 15.4. The monoisotopic (exact) mass is 326 g/mol. The second-order valence-corrected chi connectivity index (χ2v) is 6.67. The number of benzene rings is 1. The number of hydrogen-bond donors (Lipinski definition) is 1. The van der Waals surface area contributed by atoms with Crippen LogP contribution in [0.2, 0.25) is 0 Å². The Morgan fingerprint density at radius 2 is 1.58 bits per heavy atom. The van der Waals surface area contributed by atoms with Crippen LogP contribution in [0, 0.1) is 0 Å². The molecule has 2 heteroatoms. The Balaban J connectivity index is 2.47. The lowest BCUT2D eigenvalue weighted by molar-refractivity contribution is 0.112. The molecule has 24 heavy (non-hydrogen) atoms. The van der Waals surface area contributed by atoms with Crippen LogP contribution in [0.15, 0.2) is 53.1 Å². The van der Waals surface area contributed by atoms with Gasteiger partial charge in [0.05, 0.1) is 0 Å². The summed E-state index contributed by atoms with van der Waals surface area (Å²) in [6, 6.07) is 4.96. The highest BCUT2D eigenvalue weighted by Gasteiger charge is 2.01. The lowest BCUT2D eigenvalue weighted by Crippen LogP contribution is -1.88. The Labute approximate surface area is 146 Å². The first kappa shape index (κ1) is 20.0. The van der Waals surface area contributed by atoms with E-state index in [1.807, 2.05) is 0 Å². The van der Waals surface area contributed by atoms with E-state index in [4.69, 9.17) is 0 Å². The van der Waals surface area contributed by atoms with E-state index in [1.54, 1.807) is 18.2 Å². The molecule has 0 radical (unpaired) electrons. The van der Waals surface area contributed by atoms with Crippen molar-refractivity contribution >= 4 is 6.29 Å². The van der Waals surface area contributed by atoms with Gasteiger partial charge in [-0.3, -0.25) is 4.79 Å². The fraction of sp³-hybridized carbons (Fsp3) is 0.409. The number of carbonyl (C=O) groups is 1. The van der Waals surface area contributed by atoms with Crippen molar-refractivity contribution in [3.05, 3.63) is 64.3 Å². The molecule has 0 aromatic heterocycles. The number of aromatic hydroxyl groups is 1. The summed E-state index contributed by atoms with van der Waals surface area (Å²) in [7, 11) is 0. The third-order valence-electron chi connectivity index (χ3n) is 4.03. The van der Waals surface area contributed by atoms with Gasteiger partial charge < -0.3 is 5.11 Å². The van der Waals surface area contributed by atoms with Crippen LogP contribution in [-0.4, -0.2) is 11.4 Å². The zero-order valence-corrected chi connectivity index (χ0v) is 15.4. The minimum atomic E-state index is 0.250. The summed E-state index contributed by atoms with van der Waals surface area (Å²) in [5, 5.41) is 9.85. The Morgan fingerprint density at radius 1 is 0.958 bits per heavy atom. The fourth-order valence-electron chi connectivity index (χ4n) is 2.47. The van der Waals surface area contributed by atoms with Gasteiger partial charge in [0.25, 0.3) is 0 Å². The van der Waals surface area contributed by atoms with E-state index >= 15 is 0 Å². The van der Waals surface area contributed by atoms with Crippen molar-refractivity contribution in [2.75, 3.05) is 0 Å². The molecule has 0 aliphatic carbocycles. The topological polar surface area (TPSA) is 37.3 Å². The molecule has 1 N–H and O–H groups in total. The van der Waals surface area contributed by atoms with Gasteiger partial charge in [-0.25, -0.2) is 0 Å². The van der Waals surface area contributed by atoms with E-state index in [2.05, 4.69) is 45.9 Å². The van der Waals surface area contributed by atoms with Crippen molar-refractivity contribution in [1.82, 2.24) is 0 Å². The molecule has 1 rings (SSSR count). The molecule has 130 valence electrons. The van der Waals surface area contributed by atoms with Crippen LogP contribution < -0.4 is 0 Å². The van der Waals surface area contributed by atoms with Crippen LogP contribution in [-0.2, 0) is 6.42 Å². The highest BCUT2D eigenvalue weighted by molar-refractivity contribution is 5.75. The molecule has 1 aromatic rings. The predicted molar refractivity (Wildman–Crippen MR) is 103 cm³/mol. The summed E-state index contributed by atoms with van der Waals surface area (Å²) in [6.45, 7) is 8.58. The minimum absolute atomic E-state index is 0.250. The molecule has 0 saturated carbocycles. The molecule has 1 aromatic carbocycles. The SMILES string of the molecule is CC(C)=CCCC(C)=CCCC(C)=CCc1cc(C=O)ccc1O. The van der Waals surface area contributed by atoms with Crippen molar-refractivity contribution < 1.29 is 9.90 Å². The maximum Gasteiger partial charge on any atom is 0.150 e. The van der Waals surface area contributed by atoms with Crippen LogP contribution in [0.4, 0.5) is 0 Å². The van der Waals surface area contributed by atoms with Crippen LogP contribution in [0.3, 0.4) is 0 Å². The molecule has 0 fully saturated rings. The molecule has 0 spiro atoms. The molecule has 0 aliphatic heterocycles. The molecule has 0 unspecified atom stereocenters. The minimum Gasteiger partial charge on any atom is -0.508 e. The quantitative estimate of drug-likeness (QED) is 0.435. The second kappa shape index (κ2) is 10.6. The van der Waals surface area contributed by atoms with Gasteiger partial charge in [0, 0.05) is 5.56 Å². The first-order valence-corrected chi connectivity index (χ1v) is 8.64. The first-order chi connectivity index (χ1) is 11.4. The predicted octanol–water partition coefficient (Wildman–Crippen LogP) is 6.17. The third-order valence-corrected chi connectivity index (χ3v) is 4.03. The molecule has 0 heterocycles. The zero-order chi connectivity index (χ0) is 17.9. The van der Waals surface area contributed by atoms with E-state index in [0.717, 1.165) is 37.5 Å². The molecule has 0 saturated heterocycles. The van der Waals surface area contributed by atoms with Crippen LogP contribution in [0.1, 0.15) is 69.3 Å². The van der Waals surface area contributed by atoms with Crippen molar-refractivity contribution in [3.8, 4) is 5.75 Å². The van der Waals surface area contributed by atoms with Gasteiger partial charge in [-0.15, -0.1) is 0 Å². The van der Waals surface area contributed by atoms with Gasteiger partial charge >= 0.3 is 0 Å². The van der Waals surface area contributed by atoms with Crippen LogP contribution >= 0.6 is 0 Å². The molecule has 0 amide bonds. The number of phenols is 1. The summed E-state index contributed by atoms with van der Waals surface area (Å²) in [4.78, 5) is 10.8. The Bertz CT molecular complexity index is 629. The molecule has 0 aliphatic rings. The van der Waals surface area contributed by atoms with Gasteiger partial charge in [-0.1, -0.05) is 34.9 Å². The van der Waals surface area contributed by atoms with Gasteiger partial charge in [0.15, 0.2) is 0 Å². The fourth-order valence-corrected chi connectivity index (χ4v) is 2.47. The lowest BCUT2D eigenvalue weighted by atomic mass is 10.0. The normalized spacial score (nSPS) is 12.2. The van der Waals surface area contributed by atoms with E-state index in [0.29, 0.717) is 12.0 Å². The summed E-state index contributed by atoms with van der Waals surface area (Å²) >= 11 is 0. The molecular weight excluding hydrogens is 296 g/mol. The molecule has 2 nitrogen and oxygen atoms in total. The Morgan fingerprint density at radius 3 is 2.21 bits per heavy atom. The van der Waals surface area contributed by atoms with Gasteiger partial charge in [-0.2, -0.15) is 0 Å². The standard InChI is InChI=1S/C22H30O2/c1-17(2)7-5-8-18(3)9-6-10-19(4)11-13-21-15-20(16-23)12-14-22(21)24/h7,9,11-12,14-16,24H,5-6,8,10,13H2,1-4H3. The summed E-state index contributed by atoms with van der Waals surface area (Å²) in [5.74, 6) is 0.250. The highest BCUT2D eigenvalue weighted by atomic mass is 16.3. The summed E-state index contributed by atoms with van der Waals surface area (Å²) < 4.78 is 0. The van der Waals surface area contributed by atoms with Crippen molar-refractivity contribution in [2.45, 2.75) is 59.8 Å². The molecule has 0 bridgehead atoms. The van der Waals surface area contributed by atoms with Crippen LogP contribution in [0.5, 0.6) is 5.75 Å². The Kier molecular flexibility index (Phi) is 8.85. The number of phenolic OH excluding ortho intramolecular Hbond substituents is 1.